The fourth-order valence-electron chi connectivity index (χ4n) is 7.69. The van der Waals surface area contributed by atoms with E-state index in [1.54, 1.807) is 36.4 Å². The van der Waals surface area contributed by atoms with Gasteiger partial charge in [-0.05, 0) is 57.6 Å². The Labute approximate surface area is 382 Å². The first-order chi connectivity index (χ1) is 30.0. The van der Waals surface area contributed by atoms with Crippen LogP contribution in [0.15, 0.2) is 121 Å². The summed E-state index contributed by atoms with van der Waals surface area (Å²) in [6.07, 6.45) is -18.3. The quantitative estimate of drug-likeness (QED) is 0.0936. The van der Waals surface area contributed by atoms with Crippen molar-refractivity contribution < 1.29 is 73.5 Å². The number of rotatable bonds is 4. The number of hydrogen-bond acceptors (Lipinski definition) is 0. The van der Waals surface area contributed by atoms with Gasteiger partial charge >= 0.3 is 62.6 Å². The molecule has 2 radical (unpaired) electrons. The van der Waals surface area contributed by atoms with Gasteiger partial charge in [0.1, 0.15) is 0 Å². The van der Waals surface area contributed by atoms with Gasteiger partial charge in [0.25, 0.3) is 0 Å². The number of aryl methyl sites for hydroxylation is 2. The van der Waals surface area contributed by atoms with Crippen molar-refractivity contribution in [3.05, 3.63) is 155 Å². The predicted molar refractivity (Wildman–Crippen MR) is 233 cm³/mol. The van der Waals surface area contributed by atoms with Crippen molar-refractivity contribution in [2.75, 3.05) is 0 Å². The molecule has 0 saturated carbocycles. The van der Waals surface area contributed by atoms with Crippen LogP contribution < -0.4 is 0 Å². The summed E-state index contributed by atoms with van der Waals surface area (Å²) in [6, 6.07) is 28.5. The van der Waals surface area contributed by atoms with Crippen LogP contribution in [0.2, 0.25) is 13.1 Å². The Morgan fingerprint density at radius 2 is 0.734 bits per heavy atom. The van der Waals surface area contributed by atoms with E-state index in [-0.39, 0.29) is 55.9 Å². The normalized spacial score (nSPS) is 12.0. The molecule has 0 N–H and O–H groups in total. The van der Waals surface area contributed by atoms with E-state index in [0.29, 0.717) is 23.6 Å². The third kappa shape index (κ3) is 11.1. The van der Waals surface area contributed by atoms with Crippen molar-refractivity contribution >= 4 is 69.6 Å². The molecule has 0 unspecified atom stereocenters. The van der Waals surface area contributed by atoms with Crippen LogP contribution in [0.5, 0.6) is 0 Å². The number of alkyl halides is 12. The molecule has 0 aliphatic carbocycles. The van der Waals surface area contributed by atoms with E-state index in [9.17, 15) is 52.7 Å². The van der Waals surface area contributed by atoms with E-state index >= 15 is 0 Å². The van der Waals surface area contributed by atoms with Crippen LogP contribution >= 0.6 is 17.0 Å². The maximum absolute atomic E-state index is 13.9. The fraction of sp³-hybridized carbons (Fsp3) is 0.208. The second kappa shape index (κ2) is 20.6. The average Bonchev–Trinajstić information content (AvgIpc) is 3.86. The topological polar surface area (TPSA) is 0 Å². The molecule has 0 amide bonds. The van der Waals surface area contributed by atoms with Crippen LogP contribution in [0, 0.1) is 0 Å². The first-order valence-corrected chi connectivity index (χ1v) is 27.7. The Morgan fingerprint density at radius 3 is 1.02 bits per heavy atom. The van der Waals surface area contributed by atoms with Crippen molar-refractivity contribution in [3.8, 4) is 22.3 Å². The molecule has 0 atom stereocenters. The first-order valence-electron chi connectivity index (χ1n) is 19.4. The maximum atomic E-state index is 13.9. The zero-order chi connectivity index (χ0) is 47.4. The van der Waals surface area contributed by atoms with Gasteiger partial charge in [0.15, 0.2) is 0 Å². The number of benzene rings is 6. The summed E-state index contributed by atoms with van der Waals surface area (Å²) in [5, 5.41) is 2.08. The van der Waals surface area contributed by atoms with E-state index in [0.717, 1.165) is 31.4 Å². The first kappa shape index (κ1) is 50.9. The average molecular weight is 1030 g/mol. The Hall–Kier alpha value is -4.10. The van der Waals surface area contributed by atoms with Crippen LogP contribution in [-0.4, -0.2) is 9.52 Å². The fourth-order valence-corrected chi connectivity index (χ4v) is 7.69. The minimum absolute atomic E-state index is 0.0681. The summed E-state index contributed by atoms with van der Waals surface area (Å²) >= 11 is -0.826. The van der Waals surface area contributed by atoms with Crippen molar-refractivity contribution in [1.29, 1.82) is 0 Å². The van der Waals surface area contributed by atoms with Crippen molar-refractivity contribution in [1.82, 2.24) is 0 Å². The third-order valence-electron chi connectivity index (χ3n) is 10.3. The van der Waals surface area contributed by atoms with Gasteiger partial charge in [-0.25, -0.2) is 0 Å². The Morgan fingerprint density at radius 1 is 0.438 bits per heavy atom. The summed E-state index contributed by atoms with van der Waals surface area (Å²) in [5.41, 5.74) is -3.11. The molecular formula is C48H36Cl2F12SiZr. The van der Waals surface area contributed by atoms with E-state index < -0.39 is 67.8 Å². The van der Waals surface area contributed by atoms with Crippen molar-refractivity contribution in [2.45, 2.75) is 64.5 Å². The van der Waals surface area contributed by atoms with Crippen LogP contribution in [0.25, 0.3) is 65.3 Å². The molecule has 0 nitrogen and oxygen atoms in total. The SMILES string of the molecule is CCc1cc2c(-c3c(C(F)(F)F)cc(C(F)(F)F)c4ccccc34)cccc2[cH-]1.CCc1cc2c(-c3c(C(F)(F)F)cc(C(F)(F)F)c4ccccc34)cccc2[cH-]1.C[Si]C.[Cl][Zr+2][Cl]. The van der Waals surface area contributed by atoms with Gasteiger partial charge in [0.05, 0.1) is 22.3 Å². The second-order valence-electron chi connectivity index (χ2n) is 14.4. The van der Waals surface area contributed by atoms with Gasteiger partial charge in [0.2, 0.25) is 0 Å². The van der Waals surface area contributed by atoms with E-state index in [2.05, 4.69) is 13.1 Å². The third-order valence-corrected chi connectivity index (χ3v) is 10.3. The van der Waals surface area contributed by atoms with E-state index in [1.807, 2.05) is 26.0 Å². The van der Waals surface area contributed by atoms with Gasteiger partial charge in [-0.3, -0.25) is 0 Å². The summed E-state index contributed by atoms with van der Waals surface area (Å²) in [4.78, 5) is 0. The number of fused-ring (bicyclic) bond motifs is 4. The molecule has 0 aliphatic rings. The summed E-state index contributed by atoms with van der Waals surface area (Å²) < 4.78 is 165. The number of halogens is 14. The van der Waals surface area contributed by atoms with Crippen LogP contribution in [0.3, 0.4) is 0 Å². The second-order valence-corrected chi connectivity index (χ2v) is 19.1. The van der Waals surface area contributed by atoms with Crippen molar-refractivity contribution in [2.24, 2.45) is 0 Å². The summed E-state index contributed by atoms with van der Waals surface area (Å²) in [6.45, 7) is 8.17. The molecule has 0 spiro atoms. The summed E-state index contributed by atoms with van der Waals surface area (Å²) in [5.74, 6) is 0. The van der Waals surface area contributed by atoms with E-state index in [4.69, 9.17) is 17.0 Å². The minimum atomic E-state index is -4.94. The molecule has 334 valence electrons. The molecule has 8 rings (SSSR count). The van der Waals surface area contributed by atoms with Crippen LogP contribution in [0.1, 0.15) is 47.2 Å². The Kier molecular flexibility index (Phi) is 16.4. The molecule has 16 heteroatoms. The molecule has 0 bridgehead atoms. The molecule has 8 aromatic carbocycles. The summed E-state index contributed by atoms with van der Waals surface area (Å²) in [7, 11) is 11.0. The Balaban J connectivity index is 0.000000215. The Bertz CT molecular complexity index is 2670. The molecule has 0 fully saturated rings. The van der Waals surface area contributed by atoms with Crippen LogP contribution in [0.4, 0.5) is 52.7 Å². The predicted octanol–water partition coefficient (Wildman–Crippen LogP) is 18.1. The molecule has 0 saturated heterocycles. The van der Waals surface area contributed by atoms with Crippen molar-refractivity contribution in [3.63, 3.8) is 0 Å². The molecule has 8 aromatic rings. The van der Waals surface area contributed by atoms with E-state index in [1.165, 1.54) is 60.7 Å². The zero-order valence-electron chi connectivity index (χ0n) is 34.3. The molecule has 64 heavy (non-hydrogen) atoms. The van der Waals surface area contributed by atoms with Gasteiger partial charge < -0.3 is 0 Å². The van der Waals surface area contributed by atoms with Gasteiger partial charge in [-0.2, -0.15) is 64.8 Å². The standard InChI is InChI=1S/2C23H15F6.C2H6Si.2ClH.Zr/c2*1-2-13-10-14-6-5-9-17(18(14)11-13)21-16-8-4-3-7-15(16)19(22(24,25)26)12-20(21)23(27,28)29;1-3-2;;;/h2*3-12H,2H2,1H3;1-2H3;2*1H;/q2*-1;;;;+4/p-2. The van der Waals surface area contributed by atoms with Crippen LogP contribution in [-0.2, 0) is 58.4 Å². The van der Waals surface area contributed by atoms with Gasteiger partial charge in [0, 0.05) is 9.52 Å². The monoisotopic (exact) mass is 1030 g/mol. The van der Waals surface area contributed by atoms with Gasteiger partial charge in [-0.1, -0.05) is 98.7 Å². The van der Waals surface area contributed by atoms with Gasteiger partial charge in [-0.15, -0.1) is 69.1 Å². The number of hydrogen-bond donors (Lipinski definition) is 0. The molecule has 0 aliphatic heterocycles. The molecule has 0 aromatic heterocycles. The molecular weight excluding hydrogens is 995 g/mol. The zero-order valence-corrected chi connectivity index (χ0v) is 39.2. The molecule has 0 heterocycles.